The molecule has 136 valence electrons. The van der Waals surface area contributed by atoms with Crippen molar-refractivity contribution in [1.82, 2.24) is 4.57 Å². The number of thioether (sulfide) groups is 1. The lowest BCUT2D eigenvalue weighted by Crippen LogP contribution is -2.13. The first kappa shape index (κ1) is 18.7. The van der Waals surface area contributed by atoms with Gasteiger partial charge in [0.05, 0.1) is 17.3 Å². The molecule has 0 saturated carbocycles. The molecular weight excluding hydrogens is 364 g/mol. The highest BCUT2D eigenvalue weighted by Gasteiger charge is 2.05. The van der Waals surface area contributed by atoms with E-state index in [2.05, 4.69) is 30.1 Å². The predicted octanol–water partition coefficient (Wildman–Crippen LogP) is 4.56. The van der Waals surface area contributed by atoms with Gasteiger partial charge >= 0.3 is 0 Å². The Morgan fingerprint density at radius 1 is 1.23 bits per heavy atom. The molecule has 0 atom stereocenters. The van der Waals surface area contributed by atoms with E-state index in [-0.39, 0.29) is 5.91 Å². The first-order valence-electron chi connectivity index (χ1n) is 8.47. The number of aromatic nitrogens is 1. The number of fused-ring (bicyclic) bond motifs is 1. The van der Waals surface area contributed by atoms with Gasteiger partial charge in [0.2, 0.25) is 5.91 Å². The van der Waals surface area contributed by atoms with Crippen molar-refractivity contribution in [2.75, 3.05) is 12.9 Å². The molecule has 0 unspecified atom stereocenters. The molecular formula is C20H22N2O2S2. The number of carbonyl (C=O) groups is 1. The number of nitrogens with zero attached hydrogens (tertiary/aromatic N) is 2. The largest absolute Gasteiger partial charge is 0.497 e. The summed E-state index contributed by atoms with van der Waals surface area (Å²) in [6.07, 6.45) is 1.28. The summed E-state index contributed by atoms with van der Waals surface area (Å²) >= 11 is 3.31. The SMILES string of the molecule is COc1ccc(SCCCC(=O)N=c2sc3cc(C)ccc3n2C)cc1. The van der Waals surface area contributed by atoms with Gasteiger partial charge in [0.1, 0.15) is 5.75 Å². The summed E-state index contributed by atoms with van der Waals surface area (Å²) in [5, 5.41) is 0. The number of ether oxygens (including phenoxy) is 1. The van der Waals surface area contributed by atoms with E-state index in [0.717, 1.165) is 32.9 Å². The van der Waals surface area contributed by atoms with Crippen LogP contribution in [0.3, 0.4) is 0 Å². The Hall–Kier alpha value is -2.05. The lowest BCUT2D eigenvalue weighted by molar-refractivity contribution is -0.118. The molecule has 0 aliphatic heterocycles. The minimum atomic E-state index is -0.0563. The molecule has 0 aliphatic carbocycles. The summed E-state index contributed by atoms with van der Waals surface area (Å²) in [7, 11) is 3.62. The van der Waals surface area contributed by atoms with E-state index in [9.17, 15) is 4.79 Å². The fourth-order valence-corrected chi connectivity index (χ4v) is 4.58. The number of thiazole rings is 1. The summed E-state index contributed by atoms with van der Waals surface area (Å²) < 4.78 is 8.30. The average Bonchev–Trinajstić information content (AvgIpc) is 2.94. The molecule has 0 bridgehead atoms. The predicted molar refractivity (Wildman–Crippen MR) is 109 cm³/mol. The molecule has 0 fully saturated rings. The van der Waals surface area contributed by atoms with Crippen LogP contribution in [0.2, 0.25) is 0 Å². The van der Waals surface area contributed by atoms with Crippen LogP contribution in [0.25, 0.3) is 10.2 Å². The van der Waals surface area contributed by atoms with Crippen molar-refractivity contribution in [2.24, 2.45) is 12.0 Å². The van der Waals surface area contributed by atoms with Gasteiger partial charge in [0.25, 0.3) is 0 Å². The highest BCUT2D eigenvalue weighted by Crippen LogP contribution is 2.22. The zero-order valence-electron chi connectivity index (χ0n) is 15.2. The second kappa shape index (κ2) is 8.56. The molecule has 0 saturated heterocycles. The van der Waals surface area contributed by atoms with Crippen molar-refractivity contribution in [3.8, 4) is 5.75 Å². The minimum absolute atomic E-state index is 0.0563. The van der Waals surface area contributed by atoms with Crippen molar-refractivity contribution in [3.05, 3.63) is 52.8 Å². The van der Waals surface area contributed by atoms with Crippen LogP contribution in [0.4, 0.5) is 0 Å². The van der Waals surface area contributed by atoms with Crippen LogP contribution in [0, 0.1) is 6.92 Å². The zero-order valence-corrected chi connectivity index (χ0v) is 16.8. The summed E-state index contributed by atoms with van der Waals surface area (Å²) in [6, 6.07) is 14.3. The number of amides is 1. The van der Waals surface area contributed by atoms with Crippen LogP contribution < -0.4 is 9.54 Å². The fraction of sp³-hybridized carbons (Fsp3) is 0.300. The lowest BCUT2D eigenvalue weighted by atomic mass is 10.2. The smallest absolute Gasteiger partial charge is 0.248 e. The first-order valence-corrected chi connectivity index (χ1v) is 10.3. The second-order valence-electron chi connectivity index (χ2n) is 6.05. The highest BCUT2D eigenvalue weighted by molar-refractivity contribution is 7.99. The number of benzene rings is 2. The molecule has 4 nitrogen and oxygen atoms in total. The van der Waals surface area contributed by atoms with Gasteiger partial charge < -0.3 is 9.30 Å². The van der Waals surface area contributed by atoms with Crippen LogP contribution in [0.1, 0.15) is 18.4 Å². The third kappa shape index (κ3) is 4.56. The van der Waals surface area contributed by atoms with E-state index in [0.29, 0.717) is 6.42 Å². The van der Waals surface area contributed by atoms with Crippen molar-refractivity contribution < 1.29 is 9.53 Å². The number of methoxy groups -OCH3 is 1. The molecule has 0 aliphatic rings. The quantitative estimate of drug-likeness (QED) is 0.461. The molecule has 0 N–H and O–H groups in total. The summed E-state index contributed by atoms with van der Waals surface area (Å²) in [4.78, 5) is 18.5. The van der Waals surface area contributed by atoms with Crippen molar-refractivity contribution in [1.29, 1.82) is 0 Å². The zero-order chi connectivity index (χ0) is 18.5. The third-order valence-corrected chi connectivity index (χ3v) is 6.24. The Morgan fingerprint density at radius 3 is 2.73 bits per heavy atom. The van der Waals surface area contributed by atoms with Crippen LogP contribution in [0.5, 0.6) is 5.75 Å². The molecule has 3 rings (SSSR count). The average molecular weight is 387 g/mol. The number of hydrogen-bond acceptors (Lipinski definition) is 4. The number of hydrogen-bond donors (Lipinski definition) is 0. The molecule has 1 aromatic heterocycles. The molecule has 0 spiro atoms. The van der Waals surface area contributed by atoms with Gasteiger partial charge in [0, 0.05) is 18.4 Å². The molecule has 1 amide bonds. The number of carbonyl (C=O) groups excluding carboxylic acids is 1. The molecule has 1 heterocycles. The van der Waals surface area contributed by atoms with Crippen molar-refractivity contribution in [2.45, 2.75) is 24.7 Å². The highest BCUT2D eigenvalue weighted by atomic mass is 32.2. The Labute approximate surface area is 161 Å². The molecule has 2 aromatic carbocycles. The van der Waals surface area contributed by atoms with E-state index >= 15 is 0 Å². The van der Waals surface area contributed by atoms with E-state index in [1.807, 2.05) is 35.9 Å². The van der Waals surface area contributed by atoms with E-state index in [4.69, 9.17) is 4.74 Å². The van der Waals surface area contributed by atoms with E-state index in [1.54, 1.807) is 30.2 Å². The maximum absolute atomic E-state index is 12.2. The molecule has 3 aromatic rings. The van der Waals surface area contributed by atoms with Crippen molar-refractivity contribution >= 4 is 39.2 Å². The Morgan fingerprint density at radius 2 is 2.00 bits per heavy atom. The van der Waals surface area contributed by atoms with Gasteiger partial charge in [0.15, 0.2) is 4.80 Å². The Balaban J connectivity index is 1.56. The summed E-state index contributed by atoms with van der Waals surface area (Å²) in [5.74, 6) is 1.69. The van der Waals surface area contributed by atoms with Crippen LogP contribution in [-0.4, -0.2) is 23.3 Å². The number of aryl methyl sites for hydroxylation is 2. The number of rotatable bonds is 6. The lowest BCUT2D eigenvalue weighted by Gasteiger charge is -2.02. The van der Waals surface area contributed by atoms with Gasteiger partial charge in [-0.2, -0.15) is 4.99 Å². The maximum atomic E-state index is 12.2. The topological polar surface area (TPSA) is 43.6 Å². The van der Waals surface area contributed by atoms with Gasteiger partial charge in [-0.3, -0.25) is 4.79 Å². The standard InChI is InChI=1S/C20H22N2O2S2/c1-14-6-11-17-18(13-14)26-20(22(17)2)21-19(23)5-4-12-25-16-9-7-15(24-3)8-10-16/h6-11,13H,4-5,12H2,1-3H3. The van der Waals surface area contributed by atoms with Gasteiger partial charge in [-0.1, -0.05) is 17.4 Å². The molecule has 26 heavy (non-hydrogen) atoms. The Kier molecular flexibility index (Phi) is 6.16. The fourth-order valence-electron chi connectivity index (χ4n) is 2.60. The van der Waals surface area contributed by atoms with Crippen LogP contribution >= 0.6 is 23.1 Å². The van der Waals surface area contributed by atoms with Gasteiger partial charge in [-0.05, 0) is 61.1 Å². The van der Waals surface area contributed by atoms with Crippen molar-refractivity contribution in [3.63, 3.8) is 0 Å². The third-order valence-electron chi connectivity index (χ3n) is 4.05. The van der Waals surface area contributed by atoms with Gasteiger partial charge in [-0.25, -0.2) is 0 Å². The summed E-state index contributed by atoms with van der Waals surface area (Å²) in [6.45, 7) is 2.07. The van der Waals surface area contributed by atoms with Crippen LogP contribution in [0.15, 0.2) is 52.4 Å². The minimum Gasteiger partial charge on any atom is -0.497 e. The summed E-state index contributed by atoms with van der Waals surface area (Å²) in [5.41, 5.74) is 2.33. The molecule has 0 radical (unpaired) electrons. The van der Waals surface area contributed by atoms with E-state index in [1.165, 1.54) is 10.5 Å². The maximum Gasteiger partial charge on any atom is 0.248 e. The molecule has 6 heteroatoms. The Bertz CT molecular complexity index is 972. The normalized spacial score (nSPS) is 11.9. The van der Waals surface area contributed by atoms with Gasteiger partial charge in [-0.15, -0.1) is 11.8 Å². The second-order valence-corrected chi connectivity index (χ2v) is 8.23. The monoisotopic (exact) mass is 386 g/mol. The van der Waals surface area contributed by atoms with E-state index < -0.39 is 0 Å². The van der Waals surface area contributed by atoms with Crippen LogP contribution in [-0.2, 0) is 11.8 Å². The first-order chi connectivity index (χ1) is 12.6.